The van der Waals surface area contributed by atoms with Crippen LogP contribution in [-0.2, 0) is 39.9 Å². The second-order valence-corrected chi connectivity index (χ2v) is 6.00. The van der Waals surface area contributed by atoms with Gasteiger partial charge in [0.05, 0.1) is 38.9 Å². The fourth-order valence-corrected chi connectivity index (χ4v) is 2.79. The molecule has 1 amide bonds. The lowest BCUT2D eigenvalue weighted by atomic mass is 9.97. The van der Waals surface area contributed by atoms with Crippen LogP contribution in [0.1, 0.15) is 25.8 Å². The summed E-state index contributed by atoms with van der Waals surface area (Å²) in [6, 6.07) is 8.95. The lowest BCUT2D eigenvalue weighted by molar-refractivity contribution is -0.270. The molecule has 8 nitrogen and oxygen atoms in total. The zero-order valence-electron chi connectivity index (χ0n) is 15.0. The summed E-state index contributed by atoms with van der Waals surface area (Å²) < 4.78 is 21.3. The van der Waals surface area contributed by atoms with Crippen LogP contribution in [-0.4, -0.2) is 49.5 Å². The van der Waals surface area contributed by atoms with E-state index in [1.807, 2.05) is 30.3 Å². The van der Waals surface area contributed by atoms with E-state index in [1.165, 1.54) is 21.0 Å². The highest BCUT2D eigenvalue weighted by Crippen LogP contribution is 2.31. The molecule has 2 rings (SSSR count). The molecule has 1 aromatic rings. The Morgan fingerprint density at radius 1 is 1.23 bits per heavy atom. The molecule has 1 aliphatic rings. The van der Waals surface area contributed by atoms with E-state index in [2.05, 4.69) is 5.32 Å². The smallest absolute Gasteiger partial charge is 0.379 e. The molecule has 0 saturated carbocycles. The van der Waals surface area contributed by atoms with Gasteiger partial charge in [-0.05, 0) is 5.56 Å². The van der Waals surface area contributed by atoms with Crippen molar-refractivity contribution in [2.45, 2.75) is 44.8 Å². The summed E-state index contributed by atoms with van der Waals surface area (Å²) in [5.41, 5.74) is 0.928. The molecule has 1 heterocycles. The maximum Gasteiger partial charge on any atom is 0.379 e. The average molecular weight is 365 g/mol. The monoisotopic (exact) mass is 365 g/mol. The first kappa shape index (κ1) is 19.9. The van der Waals surface area contributed by atoms with Crippen LogP contribution >= 0.6 is 0 Å². The van der Waals surface area contributed by atoms with E-state index in [9.17, 15) is 14.4 Å². The van der Waals surface area contributed by atoms with Crippen LogP contribution < -0.4 is 5.32 Å². The predicted octanol–water partition coefficient (Wildman–Crippen LogP) is 0.929. The molecule has 0 spiro atoms. The summed E-state index contributed by atoms with van der Waals surface area (Å²) in [5.74, 6) is -3.67. The summed E-state index contributed by atoms with van der Waals surface area (Å²) in [6.45, 7) is 2.75. The summed E-state index contributed by atoms with van der Waals surface area (Å²) in [5, 5.41) is 2.73. The number of amides is 1. The normalized spacial score (nSPS) is 25.2. The molecule has 1 aliphatic heterocycles. The van der Waals surface area contributed by atoms with Gasteiger partial charge in [-0.15, -0.1) is 0 Å². The van der Waals surface area contributed by atoms with E-state index in [1.54, 1.807) is 0 Å². The number of ether oxygens (including phenoxy) is 4. The van der Waals surface area contributed by atoms with Crippen LogP contribution in [0.25, 0.3) is 0 Å². The number of hydrogen-bond acceptors (Lipinski definition) is 7. The van der Waals surface area contributed by atoms with Crippen molar-refractivity contribution in [2.75, 3.05) is 13.7 Å². The molecular formula is C18H23NO7. The van der Waals surface area contributed by atoms with E-state index < -0.39 is 29.9 Å². The molecule has 1 fully saturated rings. The highest BCUT2D eigenvalue weighted by atomic mass is 16.7. The van der Waals surface area contributed by atoms with Crippen molar-refractivity contribution in [3.63, 3.8) is 0 Å². The lowest BCUT2D eigenvalue weighted by Gasteiger charge is -2.41. The van der Waals surface area contributed by atoms with Gasteiger partial charge < -0.3 is 24.3 Å². The molecule has 0 aromatic heterocycles. The molecule has 8 heteroatoms. The van der Waals surface area contributed by atoms with E-state index in [0.29, 0.717) is 0 Å². The minimum Gasteiger partial charge on any atom is -0.464 e. The fourth-order valence-electron chi connectivity index (χ4n) is 2.79. The molecule has 3 atom stereocenters. The van der Waals surface area contributed by atoms with Gasteiger partial charge in [-0.1, -0.05) is 30.3 Å². The number of carbonyl (C=O) groups is 3. The SMILES string of the molecule is COC(=O)C1(OC(C)=O)C[C@H](OCc2ccccc2)[C@@H](NC(C)=O)CO1. The fraction of sp³-hybridized carbons (Fsp3) is 0.500. The zero-order chi connectivity index (χ0) is 19.2. The molecule has 1 aromatic carbocycles. The number of carbonyl (C=O) groups excluding carboxylic acids is 3. The number of nitrogens with one attached hydrogen (secondary N) is 1. The van der Waals surface area contributed by atoms with Gasteiger partial charge in [0.1, 0.15) is 0 Å². The van der Waals surface area contributed by atoms with Gasteiger partial charge in [0.25, 0.3) is 0 Å². The van der Waals surface area contributed by atoms with Gasteiger partial charge in [-0.2, -0.15) is 0 Å². The molecular weight excluding hydrogens is 342 g/mol. The van der Waals surface area contributed by atoms with E-state index in [0.717, 1.165) is 5.56 Å². The summed E-state index contributed by atoms with van der Waals surface area (Å²) in [7, 11) is 1.18. The van der Waals surface area contributed by atoms with Gasteiger partial charge in [0.2, 0.25) is 5.91 Å². The third kappa shape index (κ3) is 5.03. The largest absolute Gasteiger partial charge is 0.464 e. The maximum atomic E-state index is 12.2. The molecule has 142 valence electrons. The van der Waals surface area contributed by atoms with Crippen LogP contribution in [0, 0.1) is 0 Å². The third-order valence-electron chi connectivity index (χ3n) is 3.92. The Balaban J connectivity index is 2.19. The second kappa shape index (κ2) is 8.77. The summed E-state index contributed by atoms with van der Waals surface area (Å²) >= 11 is 0. The Hall–Kier alpha value is -2.45. The molecule has 1 unspecified atom stereocenters. The zero-order valence-corrected chi connectivity index (χ0v) is 15.0. The first-order valence-corrected chi connectivity index (χ1v) is 8.21. The number of esters is 2. The number of benzene rings is 1. The lowest BCUT2D eigenvalue weighted by Crippen LogP contribution is -2.60. The first-order chi connectivity index (χ1) is 12.4. The Labute approximate surface area is 151 Å². The van der Waals surface area contributed by atoms with Crippen LogP contribution in [0.15, 0.2) is 30.3 Å². The highest BCUT2D eigenvalue weighted by molar-refractivity contribution is 5.81. The molecule has 26 heavy (non-hydrogen) atoms. The second-order valence-electron chi connectivity index (χ2n) is 6.00. The van der Waals surface area contributed by atoms with E-state index >= 15 is 0 Å². The quantitative estimate of drug-likeness (QED) is 0.749. The molecule has 1 N–H and O–H groups in total. The van der Waals surface area contributed by atoms with Gasteiger partial charge in [-0.25, -0.2) is 4.79 Å². The molecule has 0 aliphatic carbocycles. The Morgan fingerprint density at radius 3 is 2.50 bits per heavy atom. The van der Waals surface area contributed by atoms with Crippen molar-refractivity contribution in [3.8, 4) is 0 Å². The third-order valence-corrected chi connectivity index (χ3v) is 3.92. The van der Waals surface area contributed by atoms with Crippen LogP contribution in [0.5, 0.6) is 0 Å². The minimum atomic E-state index is -1.89. The van der Waals surface area contributed by atoms with Gasteiger partial charge in [0, 0.05) is 13.8 Å². The van der Waals surface area contributed by atoms with Crippen LogP contribution in [0.3, 0.4) is 0 Å². The van der Waals surface area contributed by atoms with Crippen molar-refractivity contribution in [1.82, 2.24) is 5.32 Å². The summed E-state index contributed by atoms with van der Waals surface area (Å²) in [6.07, 6.45) is -0.719. The first-order valence-electron chi connectivity index (χ1n) is 8.21. The Bertz CT molecular complexity index is 648. The van der Waals surface area contributed by atoms with Crippen molar-refractivity contribution < 1.29 is 33.3 Å². The van der Waals surface area contributed by atoms with E-state index in [-0.39, 0.29) is 25.5 Å². The molecule has 0 bridgehead atoms. The van der Waals surface area contributed by atoms with Crippen molar-refractivity contribution in [2.24, 2.45) is 0 Å². The van der Waals surface area contributed by atoms with Gasteiger partial charge in [0.15, 0.2) is 0 Å². The molecule has 1 saturated heterocycles. The standard InChI is InChI=1S/C18H23NO7/c1-12(20)19-15-11-25-18(17(22)23-3,26-13(2)21)9-16(15)24-10-14-7-5-4-6-8-14/h4-8,15-16H,9-11H2,1-3H3,(H,19,20)/t15-,16-,18?/m0/s1. The average Bonchev–Trinajstić information content (AvgIpc) is 2.61. The molecule has 0 radical (unpaired) electrons. The van der Waals surface area contributed by atoms with Crippen molar-refractivity contribution in [1.29, 1.82) is 0 Å². The number of hydrogen-bond donors (Lipinski definition) is 1. The highest BCUT2D eigenvalue weighted by Gasteiger charge is 2.52. The number of rotatable bonds is 6. The van der Waals surface area contributed by atoms with Crippen LogP contribution in [0.2, 0.25) is 0 Å². The Kier molecular flexibility index (Phi) is 6.70. The number of methoxy groups -OCH3 is 1. The van der Waals surface area contributed by atoms with E-state index in [4.69, 9.17) is 18.9 Å². The van der Waals surface area contributed by atoms with Crippen molar-refractivity contribution >= 4 is 17.8 Å². The minimum absolute atomic E-state index is 0.0680. The van der Waals surface area contributed by atoms with Gasteiger partial charge in [-0.3, -0.25) is 9.59 Å². The van der Waals surface area contributed by atoms with Crippen LogP contribution in [0.4, 0.5) is 0 Å². The summed E-state index contributed by atoms with van der Waals surface area (Å²) in [4.78, 5) is 35.1. The topological polar surface area (TPSA) is 100 Å². The van der Waals surface area contributed by atoms with Gasteiger partial charge >= 0.3 is 17.7 Å². The maximum absolute atomic E-state index is 12.2. The predicted molar refractivity (Wildman–Crippen MR) is 89.7 cm³/mol. The Morgan fingerprint density at radius 2 is 1.92 bits per heavy atom. The van der Waals surface area contributed by atoms with Crippen molar-refractivity contribution in [3.05, 3.63) is 35.9 Å².